The molecule has 0 unspecified atom stereocenters. The molecule has 1 N–H and O–H groups in total. The second-order valence-corrected chi connectivity index (χ2v) is 6.83. The van der Waals surface area contributed by atoms with E-state index >= 15 is 0 Å². The molecular formula is C13H16F5NO3S. The first-order valence-electron chi connectivity index (χ1n) is 6.52. The van der Waals surface area contributed by atoms with Crippen molar-refractivity contribution in [2.45, 2.75) is 50.4 Å². The first kappa shape index (κ1) is 19.6. The van der Waals surface area contributed by atoms with Gasteiger partial charge in [-0.05, 0) is 24.5 Å². The summed E-state index contributed by atoms with van der Waals surface area (Å²) in [6, 6.07) is 0.734. The van der Waals surface area contributed by atoms with Crippen molar-refractivity contribution in [3.63, 3.8) is 0 Å². The smallest absolute Gasteiger partial charge is 0.404 e. The van der Waals surface area contributed by atoms with Gasteiger partial charge in [-0.2, -0.15) is 26.7 Å². The first-order chi connectivity index (χ1) is 10.3. The maximum Gasteiger partial charge on any atom is 0.404 e. The predicted octanol–water partition coefficient (Wildman–Crippen LogP) is 3.64. The largest absolute Gasteiger partial charge is 0.434 e. The van der Waals surface area contributed by atoms with Crippen LogP contribution in [0, 0.1) is 0 Å². The van der Waals surface area contributed by atoms with Crippen LogP contribution in [0.4, 0.5) is 22.0 Å². The molecular weight excluding hydrogens is 345 g/mol. The Labute approximate surface area is 130 Å². The SMILES string of the molecule is CC(C)c1ccc(S(=O)(=O)N[C@@H](C)C(F)(F)F)cc1OC(F)F. The van der Waals surface area contributed by atoms with Gasteiger partial charge in [0.15, 0.2) is 0 Å². The summed E-state index contributed by atoms with van der Waals surface area (Å²) >= 11 is 0. The number of ether oxygens (including phenoxy) is 1. The molecule has 1 atom stereocenters. The summed E-state index contributed by atoms with van der Waals surface area (Å²) in [4.78, 5) is -0.589. The first-order valence-corrected chi connectivity index (χ1v) is 8.00. The van der Waals surface area contributed by atoms with E-state index in [2.05, 4.69) is 4.74 Å². The van der Waals surface area contributed by atoms with Crippen LogP contribution >= 0.6 is 0 Å². The van der Waals surface area contributed by atoms with E-state index in [1.54, 1.807) is 13.8 Å². The molecule has 1 aromatic carbocycles. The van der Waals surface area contributed by atoms with E-state index in [-0.39, 0.29) is 5.92 Å². The quantitative estimate of drug-likeness (QED) is 0.787. The maximum absolute atomic E-state index is 12.5. The number of nitrogens with one attached hydrogen (secondary N) is 1. The van der Waals surface area contributed by atoms with Crippen molar-refractivity contribution in [1.29, 1.82) is 0 Å². The lowest BCUT2D eigenvalue weighted by atomic mass is 10.0. The van der Waals surface area contributed by atoms with Gasteiger partial charge < -0.3 is 4.74 Å². The Balaban J connectivity index is 3.22. The Kier molecular flexibility index (Phi) is 5.97. The molecule has 4 nitrogen and oxygen atoms in total. The molecule has 0 spiro atoms. The minimum absolute atomic E-state index is 0.248. The van der Waals surface area contributed by atoms with Crippen LogP contribution in [0.1, 0.15) is 32.3 Å². The van der Waals surface area contributed by atoms with Crippen LogP contribution in [0.15, 0.2) is 23.1 Å². The molecule has 1 rings (SSSR count). The highest BCUT2D eigenvalue weighted by molar-refractivity contribution is 7.89. The Morgan fingerprint density at radius 2 is 1.70 bits per heavy atom. The van der Waals surface area contributed by atoms with Gasteiger partial charge in [-0.3, -0.25) is 0 Å². The zero-order valence-electron chi connectivity index (χ0n) is 12.5. The molecule has 0 radical (unpaired) electrons. The minimum atomic E-state index is -4.77. The molecule has 0 heterocycles. The molecule has 0 aliphatic rings. The van der Waals surface area contributed by atoms with E-state index in [9.17, 15) is 30.4 Å². The van der Waals surface area contributed by atoms with Crippen molar-refractivity contribution < 1.29 is 35.1 Å². The summed E-state index contributed by atoms with van der Waals surface area (Å²) in [5.74, 6) is -0.639. The van der Waals surface area contributed by atoms with Crippen LogP contribution in [0.5, 0.6) is 5.75 Å². The van der Waals surface area contributed by atoms with Crippen molar-refractivity contribution in [3.8, 4) is 5.75 Å². The van der Waals surface area contributed by atoms with E-state index in [0.29, 0.717) is 12.5 Å². The van der Waals surface area contributed by atoms with Crippen LogP contribution < -0.4 is 9.46 Å². The van der Waals surface area contributed by atoms with E-state index in [0.717, 1.165) is 12.1 Å². The molecule has 132 valence electrons. The van der Waals surface area contributed by atoms with E-state index < -0.39 is 39.5 Å². The second kappa shape index (κ2) is 7.00. The van der Waals surface area contributed by atoms with Crippen molar-refractivity contribution in [2.24, 2.45) is 0 Å². The van der Waals surface area contributed by atoms with Crippen LogP contribution in [0.25, 0.3) is 0 Å². The monoisotopic (exact) mass is 361 g/mol. The maximum atomic E-state index is 12.5. The number of halogens is 5. The lowest BCUT2D eigenvalue weighted by molar-refractivity contribution is -0.147. The molecule has 0 bridgehead atoms. The third kappa shape index (κ3) is 5.31. The number of alkyl halides is 5. The normalized spacial score (nSPS) is 14.3. The standard InChI is InChI=1S/C13H16F5NO3S/c1-7(2)10-5-4-9(6-11(10)22-12(14)15)23(20,21)19-8(3)13(16,17)18/h4-8,12,19H,1-3H3/t8-/m0/s1. The van der Waals surface area contributed by atoms with Gasteiger partial charge in [0.1, 0.15) is 11.8 Å². The molecule has 0 aliphatic heterocycles. The van der Waals surface area contributed by atoms with E-state index in [1.807, 2.05) is 0 Å². The molecule has 23 heavy (non-hydrogen) atoms. The minimum Gasteiger partial charge on any atom is -0.434 e. The van der Waals surface area contributed by atoms with Crippen LogP contribution in [-0.4, -0.2) is 27.2 Å². The number of sulfonamides is 1. The van der Waals surface area contributed by atoms with Gasteiger partial charge >= 0.3 is 12.8 Å². The van der Waals surface area contributed by atoms with Crippen molar-refractivity contribution in [3.05, 3.63) is 23.8 Å². The molecule has 0 saturated heterocycles. The van der Waals surface area contributed by atoms with Gasteiger partial charge in [0, 0.05) is 6.07 Å². The number of hydrogen-bond acceptors (Lipinski definition) is 3. The van der Waals surface area contributed by atoms with Crippen molar-refractivity contribution in [1.82, 2.24) is 4.72 Å². The van der Waals surface area contributed by atoms with Crippen LogP contribution in [0.3, 0.4) is 0 Å². The highest BCUT2D eigenvalue weighted by atomic mass is 32.2. The number of benzene rings is 1. The van der Waals surface area contributed by atoms with Crippen molar-refractivity contribution >= 4 is 10.0 Å². The third-order valence-corrected chi connectivity index (χ3v) is 4.49. The van der Waals surface area contributed by atoms with Gasteiger partial charge in [0.05, 0.1) is 4.90 Å². The van der Waals surface area contributed by atoms with Gasteiger partial charge in [0.2, 0.25) is 10.0 Å². The predicted molar refractivity (Wildman–Crippen MR) is 73.0 cm³/mol. The van der Waals surface area contributed by atoms with E-state index in [4.69, 9.17) is 0 Å². The van der Waals surface area contributed by atoms with Gasteiger partial charge in [0.25, 0.3) is 0 Å². The highest BCUT2D eigenvalue weighted by Crippen LogP contribution is 2.31. The summed E-state index contributed by atoms with van der Waals surface area (Å²) in [7, 11) is -4.54. The number of rotatable bonds is 6. The van der Waals surface area contributed by atoms with Crippen molar-refractivity contribution in [2.75, 3.05) is 0 Å². The van der Waals surface area contributed by atoms with Gasteiger partial charge in [-0.15, -0.1) is 0 Å². The fourth-order valence-electron chi connectivity index (χ4n) is 1.72. The fourth-order valence-corrected chi connectivity index (χ4v) is 2.97. The second-order valence-electron chi connectivity index (χ2n) is 5.12. The molecule has 0 amide bonds. The molecule has 10 heteroatoms. The lowest BCUT2D eigenvalue weighted by Crippen LogP contribution is -2.42. The Hall–Kier alpha value is -1.42. The zero-order chi connectivity index (χ0) is 18.0. The zero-order valence-corrected chi connectivity index (χ0v) is 13.3. The average molecular weight is 361 g/mol. The summed E-state index contributed by atoms with van der Waals surface area (Å²) < 4.78 is 91.9. The Morgan fingerprint density at radius 1 is 1.13 bits per heavy atom. The molecule has 0 fully saturated rings. The van der Waals surface area contributed by atoms with Gasteiger partial charge in [-0.25, -0.2) is 8.42 Å². The number of hydrogen-bond donors (Lipinski definition) is 1. The fraction of sp³-hybridized carbons (Fsp3) is 0.538. The van der Waals surface area contributed by atoms with E-state index in [1.165, 1.54) is 10.8 Å². The van der Waals surface area contributed by atoms with Crippen LogP contribution in [0.2, 0.25) is 0 Å². The summed E-state index contributed by atoms with van der Waals surface area (Å²) in [6.45, 7) is 0.793. The highest BCUT2D eigenvalue weighted by Gasteiger charge is 2.39. The molecule has 0 aliphatic carbocycles. The molecule has 1 aromatic rings. The third-order valence-electron chi connectivity index (χ3n) is 2.96. The Bertz CT molecular complexity index is 644. The van der Waals surface area contributed by atoms with Crippen LogP contribution in [-0.2, 0) is 10.0 Å². The summed E-state index contributed by atoms with van der Waals surface area (Å²) in [5, 5.41) is 0. The average Bonchev–Trinajstić information content (AvgIpc) is 2.35. The Morgan fingerprint density at radius 3 is 2.13 bits per heavy atom. The summed E-state index contributed by atoms with van der Waals surface area (Å²) in [5.41, 5.74) is 0.313. The van der Waals surface area contributed by atoms with Gasteiger partial charge in [-0.1, -0.05) is 19.9 Å². The molecule has 0 aromatic heterocycles. The molecule has 0 saturated carbocycles. The topological polar surface area (TPSA) is 55.4 Å². The lowest BCUT2D eigenvalue weighted by Gasteiger charge is -2.19. The summed E-state index contributed by atoms with van der Waals surface area (Å²) in [6.07, 6.45) is -4.77.